The van der Waals surface area contributed by atoms with Crippen molar-refractivity contribution in [3.05, 3.63) is 0 Å². The SMILES string of the molecule is COCC(O)CSC1COC1. The minimum atomic E-state index is -0.328. The van der Waals surface area contributed by atoms with Gasteiger partial charge < -0.3 is 14.6 Å². The summed E-state index contributed by atoms with van der Waals surface area (Å²) < 4.78 is 9.79. The predicted octanol–water partition coefficient (Wildman–Crippen LogP) is 0.126. The van der Waals surface area contributed by atoms with E-state index in [2.05, 4.69) is 0 Å². The number of aliphatic hydroxyl groups is 1. The van der Waals surface area contributed by atoms with Crippen molar-refractivity contribution in [3.63, 3.8) is 0 Å². The molecule has 1 N–H and O–H groups in total. The molecule has 11 heavy (non-hydrogen) atoms. The third kappa shape index (κ3) is 3.42. The van der Waals surface area contributed by atoms with E-state index >= 15 is 0 Å². The van der Waals surface area contributed by atoms with Crippen LogP contribution < -0.4 is 0 Å². The average Bonchev–Trinajstić information content (AvgIpc) is 1.85. The van der Waals surface area contributed by atoms with Crippen LogP contribution in [0.2, 0.25) is 0 Å². The molecule has 3 nitrogen and oxygen atoms in total. The van der Waals surface area contributed by atoms with E-state index in [1.807, 2.05) is 0 Å². The first-order valence-electron chi connectivity index (χ1n) is 3.69. The second-order valence-corrected chi connectivity index (χ2v) is 3.94. The van der Waals surface area contributed by atoms with Crippen molar-refractivity contribution in [3.8, 4) is 0 Å². The largest absolute Gasteiger partial charge is 0.390 e. The van der Waals surface area contributed by atoms with Crippen molar-refractivity contribution in [2.24, 2.45) is 0 Å². The number of hydrogen-bond acceptors (Lipinski definition) is 4. The van der Waals surface area contributed by atoms with Gasteiger partial charge in [0.25, 0.3) is 0 Å². The van der Waals surface area contributed by atoms with Gasteiger partial charge in [0.2, 0.25) is 0 Å². The Morgan fingerprint density at radius 3 is 2.91 bits per heavy atom. The van der Waals surface area contributed by atoms with E-state index in [0.29, 0.717) is 11.9 Å². The van der Waals surface area contributed by atoms with E-state index in [4.69, 9.17) is 9.47 Å². The maximum absolute atomic E-state index is 9.23. The molecule has 1 saturated heterocycles. The molecule has 0 aromatic carbocycles. The molecule has 1 atom stereocenters. The summed E-state index contributed by atoms with van der Waals surface area (Å²) in [6.07, 6.45) is -0.328. The molecule has 0 aliphatic carbocycles. The molecule has 1 fully saturated rings. The zero-order valence-corrected chi connectivity index (χ0v) is 7.47. The molecule has 1 unspecified atom stereocenters. The van der Waals surface area contributed by atoms with Gasteiger partial charge in [0, 0.05) is 12.9 Å². The van der Waals surface area contributed by atoms with Gasteiger partial charge in [0.15, 0.2) is 0 Å². The highest BCUT2D eigenvalue weighted by atomic mass is 32.2. The van der Waals surface area contributed by atoms with Crippen molar-refractivity contribution >= 4 is 11.8 Å². The van der Waals surface area contributed by atoms with E-state index in [1.165, 1.54) is 0 Å². The summed E-state index contributed by atoms with van der Waals surface area (Å²) in [5.74, 6) is 0.752. The zero-order valence-electron chi connectivity index (χ0n) is 6.66. The predicted molar refractivity (Wildman–Crippen MR) is 44.9 cm³/mol. The van der Waals surface area contributed by atoms with Gasteiger partial charge in [-0.25, -0.2) is 0 Å². The van der Waals surface area contributed by atoms with Crippen molar-refractivity contribution < 1.29 is 14.6 Å². The van der Waals surface area contributed by atoms with E-state index < -0.39 is 0 Å². The molecule has 0 bridgehead atoms. The Morgan fingerprint density at radius 1 is 1.73 bits per heavy atom. The van der Waals surface area contributed by atoms with Crippen LogP contribution >= 0.6 is 11.8 Å². The molecule has 0 saturated carbocycles. The van der Waals surface area contributed by atoms with Gasteiger partial charge in [-0.15, -0.1) is 0 Å². The van der Waals surface area contributed by atoms with E-state index in [0.717, 1.165) is 19.0 Å². The van der Waals surface area contributed by atoms with Gasteiger partial charge in [-0.3, -0.25) is 0 Å². The lowest BCUT2D eigenvalue weighted by atomic mass is 10.4. The van der Waals surface area contributed by atoms with E-state index in [1.54, 1.807) is 18.9 Å². The zero-order chi connectivity index (χ0) is 8.10. The fourth-order valence-corrected chi connectivity index (χ4v) is 1.77. The van der Waals surface area contributed by atoms with Crippen LogP contribution in [0.4, 0.5) is 0 Å². The molecular formula is C7H14O3S. The van der Waals surface area contributed by atoms with Crippen molar-refractivity contribution in [2.75, 3.05) is 32.7 Å². The van der Waals surface area contributed by atoms with Crippen LogP contribution in [0.25, 0.3) is 0 Å². The summed E-state index contributed by atoms with van der Waals surface area (Å²) >= 11 is 1.76. The molecule has 0 aromatic rings. The molecule has 66 valence electrons. The highest BCUT2D eigenvalue weighted by Gasteiger charge is 2.19. The molecule has 1 rings (SSSR count). The quantitative estimate of drug-likeness (QED) is 0.649. The van der Waals surface area contributed by atoms with Gasteiger partial charge in [0.1, 0.15) is 0 Å². The number of aliphatic hydroxyl groups excluding tert-OH is 1. The molecular weight excluding hydrogens is 164 g/mol. The van der Waals surface area contributed by atoms with Crippen LogP contribution in [0.3, 0.4) is 0 Å². The molecule has 1 heterocycles. The van der Waals surface area contributed by atoms with Gasteiger partial charge in [-0.05, 0) is 0 Å². The highest BCUT2D eigenvalue weighted by molar-refractivity contribution is 8.00. The molecule has 0 spiro atoms. The average molecular weight is 178 g/mol. The van der Waals surface area contributed by atoms with Crippen molar-refractivity contribution in [2.45, 2.75) is 11.4 Å². The Kier molecular flexibility index (Phi) is 4.22. The van der Waals surface area contributed by atoms with Crippen LogP contribution in [0.15, 0.2) is 0 Å². The van der Waals surface area contributed by atoms with Gasteiger partial charge in [0.05, 0.1) is 31.2 Å². The summed E-state index contributed by atoms with van der Waals surface area (Å²) in [7, 11) is 1.60. The topological polar surface area (TPSA) is 38.7 Å². The lowest BCUT2D eigenvalue weighted by molar-refractivity contribution is 0.0444. The maximum Gasteiger partial charge on any atom is 0.0863 e. The van der Waals surface area contributed by atoms with Crippen LogP contribution in [0, 0.1) is 0 Å². The molecule has 1 aliphatic rings. The summed E-state index contributed by atoms with van der Waals surface area (Å²) in [6.45, 7) is 2.11. The minimum Gasteiger partial charge on any atom is -0.390 e. The Labute approximate surface area is 71.1 Å². The standard InChI is InChI=1S/C7H14O3S/c1-9-2-6(8)5-11-7-3-10-4-7/h6-8H,2-5H2,1H3. The summed E-state index contributed by atoms with van der Waals surface area (Å²) in [5.41, 5.74) is 0. The van der Waals surface area contributed by atoms with Crippen molar-refractivity contribution in [1.82, 2.24) is 0 Å². The van der Waals surface area contributed by atoms with Gasteiger partial charge in [-0.1, -0.05) is 0 Å². The number of hydrogen-bond donors (Lipinski definition) is 1. The number of methoxy groups -OCH3 is 1. The third-order valence-electron chi connectivity index (χ3n) is 1.49. The van der Waals surface area contributed by atoms with E-state index in [-0.39, 0.29) is 6.10 Å². The first-order valence-corrected chi connectivity index (χ1v) is 4.74. The van der Waals surface area contributed by atoms with Crippen LogP contribution in [0.1, 0.15) is 0 Å². The summed E-state index contributed by atoms with van der Waals surface area (Å²) in [4.78, 5) is 0. The summed E-state index contributed by atoms with van der Waals surface area (Å²) in [5, 5.41) is 9.83. The second kappa shape index (κ2) is 4.98. The number of ether oxygens (including phenoxy) is 2. The second-order valence-electron chi connectivity index (χ2n) is 2.60. The highest BCUT2D eigenvalue weighted by Crippen LogP contribution is 2.19. The molecule has 4 heteroatoms. The van der Waals surface area contributed by atoms with Crippen LogP contribution in [-0.2, 0) is 9.47 Å². The Hall–Kier alpha value is 0.230. The fourth-order valence-electron chi connectivity index (χ4n) is 0.798. The van der Waals surface area contributed by atoms with Gasteiger partial charge >= 0.3 is 0 Å². The Morgan fingerprint density at radius 2 is 2.45 bits per heavy atom. The molecule has 0 amide bonds. The van der Waals surface area contributed by atoms with Gasteiger partial charge in [-0.2, -0.15) is 11.8 Å². The lowest BCUT2D eigenvalue weighted by Gasteiger charge is -2.25. The maximum atomic E-state index is 9.23. The Balaban J connectivity index is 1.92. The van der Waals surface area contributed by atoms with E-state index in [9.17, 15) is 5.11 Å². The smallest absolute Gasteiger partial charge is 0.0863 e. The van der Waals surface area contributed by atoms with Crippen molar-refractivity contribution in [1.29, 1.82) is 0 Å². The summed E-state index contributed by atoms with van der Waals surface area (Å²) in [6, 6.07) is 0. The number of thioether (sulfide) groups is 1. The fraction of sp³-hybridized carbons (Fsp3) is 1.00. The first-order chi connectivity index (χ1) is 5.33. The molecule has 0 radical (unpaired) electrons. The Bertz CT molecular complexity index is 106. The van der Waals surface area contributed by atoms with Crippen LogP contribution in [-0.4, -0.2) is 49.1 Å². The van der Waals surface area contributed by atoms with Crippen LogP contribution in [0.5, 0.6) is 0 Å². The lowest BCUT2D eigenvalue weighted by Crippen LogP contribution is -2.32. The minimum absolute atomic E-state index is 0.328. The monoisotopic (exact) mass is 178 g/mol. The normalized spacial score (nSPS) is 21.3. The number of rotatable bonds is 5. The third-order valence-corrected chi connectivity index (χ3v) is 2.81. The molecule has 0 aromatic heterocycles. The first kappa shape index (κ1) is 9.32. The molecule has 1 aliphatic heterocycles.